The molecule has 130 valence electrons. The van der Waals surface area contributed by atoms with E-state index in [-0.39, 0.29) is 11.6 Å². The molecule has 0 saturated carbocycles. The summed E-state index contributed by atoms with van der Waals surface area (Å²) in [6, 6.07) is 9.35. The Kier molecular flexibility index (Phi) is 4.30. The van der Waals surface area contributed by atoms with Crippen LogP contribution in [0, 0.1) is 0 Å². The van der Waals surface area contributed by atoms with Gasteiger partial charge in [-0.1, -0.05) is 25.5 Å². The van der Waals surface area contributed by atoms with Crippen LogP contribution in [0.5, 0.6) is 11.8 Å². The third kappa shape index (κ3) is 3.06. The molecule has 0 unspecified atom stereocenters. The molecule has 1 aromatic carbocycles. The number of ether oxygens (including phenoxy) is 1. The minimum absolute atomic E-state index is 0.0867. The van der Waals surface area contributed by atoms with E-state index in [0.717, 1.165) is 50.6 Å². The molecule has 0 spiro atoms. The van der Waals surface area contributed by atoms with Crippen molar-refractivity contribution in [2.75, 3.05) is 0 Å². The highest BCUT2D eigenvalue weighted by Crippen LogP contribution is 2.27. The molecule has 1 aliphatic carbocycles. The normalized spacial score (nSPS) is 13.8. The van der Waals surface area contributed by atoms with Gasteiger partial charge in [0, 0.05) is 12.2 Å². The summed E-state index contributed by atoms with van der Waals surface area (Å²) in [4.78, 5) is 17.3. The molecule has 5 heteroatoms. The molecular weight excluding hydrogens is 316 g/mol. The maximum absolute atomic E-state index is 12.9. The van der Waals surface area contributed by atoms with E-state index in [4.69, 9.17) is 9.15 Å². The van der Waals surface area contributed by atoms with Crippen molar-refractivity contribution in [2.24, 2.45) is 0 Å². The van der Waals surface area contributed by atoms with Gasteiger partial charge in [-0.15, -0.1) is 0 Å². The number of benzene rings is 1. The van der Waals surface area contributed by atoms with Crippen LogP contribution in [-0.4, -0.2) is 9.55 Å². The lowest BCUT2D eigenvalue weighted by atomic mass is 9.95. The summed E-state index contributed by atoms with van der Waals surface area (Å²) in [6.45, 7) is 2.87. The highest BCUT2D eigenvalue weighted by molar-refractivity contribution is 5.72. The molecule has 0 saturated heterocycles. The molecular formula is C20H22N2O3. The van der Waals surface area contributed by atoms with Crippen molar-refractivity contribution in [3.63, 3.8) is 0 Å². The third-order valence-electron chi connectivity index (χ3n) is 4.77. The number of pyridine rings is 1. The Morgan fingerprint density at radius 2 is 2.08 bits per heavy atom. The molecule has 0 fully saturated rings. The Labute approximate surface area is 146 Å². The van der Waals surface area contributed by atoms with Gasteiger partial charge >= 0.3 is 6.08 Å². The highest BCUT2D eigenvalue weighted by Gasteiger charge is 2.20. The minimum atomic E-state index is -0.0867. The van der Waals surface area contributed by atoms with Crippen LogP contribution in [0.1, 0.15) is 43.9 Å². The smallest absolute Gasteiger partial charge is 0.400 e. The monoisotopic (exact) mass is 338 g/mol. The number of hydrogen-bond acceptors (Lipinski definition) is 4. The second-order valence-corrected chi connectivity index (χ2v) is 6.55. The van der Waals surface area contributed by atoms with Gasteiger partial charge in [0.15, 0.2) is 11.3 Å². The van der Waals surface area contributed by atoms with Gasteiger partial charge in [0.25, 0.3) is 5.56 Å². The summed E-state index contributed by atoms with van der Waals surface area (Å²) in [7, 11) is 0. The fraction of sp³-hybridized carbons (Fsp3) is 0.400. The van der Waals surface area contributed by atoms with Crippen molar-refractivity contribution in [2.45, 2.75) is 52.0 Å². The molecule has 0 amide bonds. The van der Waals surface area contributed by atoms with Gasteiger partial charge in [-0.3, -0.25) is 4.79 Å². The first-order valence-corrected chi connectivity index (χ1v) is 9.05. The lowest BCUT2D eigenvalue weighted by molar-refractivity contribution is 0.335. The van der Waals surface area contributed by atoms with Gasteiger partial charge in [0.2, 0.25) is 0 Å². The second-order valence-electron chi connectivity index (χ2n) is 6.55. The number of para-hydroxylation sites is 2. The maximum atomic E-state index is 12.9. The number of aryl methyl sites for hydroxylation is 1. The molecule has 3 aromatic rings. The molecule has 2 aromatic heterocycles. The third-order valence-corrected chi connectivity index (χ3v) is 4.77. The van der Waals surface area contributed by atoms with Crippen LogP contribution >= 0.6 is 0 Å². The number of rotatable bonds is 5. The first kappa shape index (κ1) is 15.9. The van der Waals surface area contributed by atoms with E-state index in [1.165, 1.54) is 11.3 Å². The number of nitrogens with zero attached hydrogens (tertiary/aromatic N) is 2. The molecule has 0 radical (unpaired) electrons. The summed E-state index contributed by atoms with van der Waals surface area (Å²) < 4.78 is 13.3. The lowest BCUT2D eigenvalue weighted by Gasteiger charge is -2.22. The molecule has 5 nitrogen and oxygen atoms in total. The van der Waals surface area contributed by atoms with E-state index in [0.29, 0.717) is 11.3 Å². The Morgan fingerprint density at radius 3 is 2.92 bits per heavy atom. The zero-order chi connectivity index (χ0) is 17.2. The molecule has 0 aliphatic heterocycles. The summed E-state index contributed by atoms with van der Waals surface area (Å²) >= 11 is 0. The van der Waals surface area contributed by atoms with Crippen molar-refractivity contribution in [1.82, 2.24) is 9.55 Å². The summed E-state index contributed by atoms with van der Waals surface area (Å²) in [5.41, 5.74) is 3.68. The first-order chi connectivity index (χ1) is 12.3. The Hall–Kier alpha value is -2.56. The molecule has 1 aliphatic rings. The quantitative estimate of drug-likeness (QED) is 0.689. The van der Waals surface area contributed by atoms with Gasteiger partial charge in [-0.2, -0.15) is 4.98 Å². The number of fused-ring (bicyclic) bond motifs is 2. The number of oxazole rings is 1. The van der Waals surface area contributed by atoms with Crippen LogP contribution in [-0.2, 0) is 19.4 Å². The van der Waals surface area contributed by atoms with Gasteiger partial charge in [-0.05, 0) is 55.9 Å². The topological polar surface area (TPSA) is 57.3 Å². The number of aromatic nitrogens is 2. The van der Waals surface area contributed by atoms with E-state index in [1.807, 2.05) is 34.9 Å². The predicted molar refractivity (Wildman–Crippen MR) is 96.3 cm³/mol. The average molecular weight is 338 g/mol. The number of unbranched alkanes of at least 4 members (excludes halogenated alkanes) is 1. The molecule has 4 rings (SSSR count). The fourth-order valence-electron chi connectivity index (χ4n) is 3.47. The van der Waals surface area contributed by atoms with E-state index < -0.39 is 0 Å². The summed E-state index contributed by atoms with van der Waals surface area (Å²) in [6.07, 6.45) is 6.42. The van der Waals surface area contributed by atoms with Crippen LogP contribution in [0.2, 0.25) is 0 Å². The average Bonchev–Trinajstić information content (AvgIpc) is 3.04. The number of hydrogen-bond donors (Lipinski definition) is 0. The van der Waals surface area contributed by atoms with E-state index in [2.05, 4.69) is 11.9 Å². The Morgan fingerprint density at radius 1 is 1.24 bits per heavy atom. The van der Waals surface area contributed by atoms with Crippen LogP contribution in [0.15, 0.2) is 39.5 Å². The van der Waals surface area contributed by atoms with Crippen molar-refractivity contribution in [3.8, 4) is 11.8 Å². The predicted octanol–water partition coefficient (Wildman–Crippen LogP) is 4.46. The van der Waals surface area contributed by atoms with E-state index in [1.54, 1.807) is 0 Å². The largest absolute Gasteiger partial charge is 0.409 e. The highest BCUT2D eigenvalue weighted by atomic mass is 16.6. The van der Waals surface area contributed by atoms with Crippen LogP contribution in [0.4, 0.5) is 0 Å². The Bertz CT molecular complexity index is 922. The summed E-state index contributed by atoms with van der Waals surface area (Å²) in [5.74, 6) is 0.309. The van der Waals surface area contributed by atoms with Gasteiger partial charge in [0.05, 0.1) is 0 Å². The van der Waals surface area contributed by atoms with Crippen molar-refractivity contribution >= 4 is 11.1 Å². The van der Waals surface area contributed by atoms with Gasteiger partial charge in [-0.25, -0.2) is 0 Å². The molecule has 0 bridgehead atoms. The van der Waals surface area contributed by atoms with Crippen molar-refractivity contribution in [1.29, 1.82) is 0 Å². The van der Waals surface area contributed by atoms with Crippen molar-refractivity contribution in [3.05, 3.63) is 51.9 Å². The van der Waals surface area contributed by atoms with Crippen LogP contribution in [0.25, 0.3) is 11.1 Å². The van der Waals surface area contributed by atoms with Crippen molar-refractivity contribution < 1.29 is 9.15 Å². The molecule has 2 heterocycles. The zero-order valence-electron chi connectivity index (χ0n) is 14.5. The summed E-state index contributed by atoms with van der Waals surface area (Å²) in [5, 5.41) is 0. The van der Waals surface area contributed by atoms with Gasteiger partial charge in [0.1, 0.15) is 5.52 Å². The molecule has 0 N–H and O–H groups in total. The standard InChI is InChI=1S/C20H22N2O3/c1-2-3-12-22-16-10-6-4-8-14(16)13-18(19(22)23)25-20-21-15-9-5-7-11-17(15)24-20/h5,7,9,11,13H,2-4,6,8,10,12H2,1H3. The minimum Gasteiger partial charge on any atom is -0.409 e. The van der Waals surface area contributed by atoms with Crippen LogP contribution < -0.4 is 10.3 Å². The fourth-order valence-corrected chi connectivity index (χ4v) is 3.47. The second kappa shape index (κ2) is 6.75. The molecule has 25 heavy (non-hydrogen) atoms. The molecule has 0 atom stereocenters. The van der Waals surface area contributed by atoms with Crippen LogP contribution in [0.3, 0.4) is 0 Å². The van der Waals surface area contributed by atoms with Gasteiger partial charge < -0.3 is 13.7 Å². The van der Waals surface area contributed by atoms with E-state index >= 15 is 0 Å². The zero-order valence-corrected chi connectivity index (χ0v) is 14.5. The Balaban J connectivity index is 1.74. The SMILES string of the molecule is CCCCn1c2c(cc(Oc3nc4ccccc4o3)c1=O)CCCC2. The first-order valence-electron chi connectivity index (χ1n) is 9.05. The van der Waals surface area contributed by atoms with E-state index in [9.17, 15) is 4.79 Å². The lowest BCUT2D eigenvalue weighted by Crippen LogP contribution is -2.27. The maximum Gasteiger partial charge on any atom is 0.400 e.